The minimum atomic E-state index is 0.336. The minimum Gasteiger partial charge on any atom is -0.311 e. The van der Waals surface area contributed by atoms with Crippen molar-refractivity contribution in [2.45, 2.75) is 20.4 Å². The van der Waals surface area contributed by atoms with E-state index < -0.39 is 0 Å². The van der Waals surface area contributed by atoms with Crippen molar-refractivity contribution >= 4 is 5.82 Å². The maximum Gasteiger partial charge on any atom is 0.144 e. The quantitative estimate of drug-likeness (QED) is 0.709. The highest BCUT2D eigenvalue weighted by Gasteiger charge is 1.98. The van der Waals surface area contributed by atoms with Gasteiger partial charge in [0.05, 0.1) is 0 Å². The maximum absolute atomic E-state index is 7.40. The largest absolute Gasteiger partial charge is 0.311 e. The number of hydrogen-bond acceptors (Lipinski definition) is 3. The molecular formula is C12H21N4. The van der Waals surface area contributed by atoms with Crippen LogP contribution < -0.4 is 11.1 Å². The van der Waals surface area contributed by atoms with E-state index in [2.05, 4.69) is 29.0 Å². The summed E-state index contributed by atoms with van der Waals surface area (Å²) in [6.07, 6.45) is 1.68. The van der Waals surface area contributed by atoms with Crippen LogP contribution in [0.15, 0.2) is 18.3 Å². The fraction of sp³-hybridized carbons (Fsp3) is 0.583. The highest BCUT2D eigenvalue weighted by Crippen LogP contribution is 2.03. The van der Waals surface area contributed by atoms with Gasteiger partial charge < -0.3 is 10.2 Å². The molecule has 0 aromatic carbocycles. The van der Waals surface area contributed by atoms with Gasteiger partial charge in [0, 0.05) is 25.8 Å². The summed E-state index contributed by atoms with van der Waals surface area (Å²) in [7, 11) is 0. The monoisotopic (exact) mass is 221 g/mol. The first-order chi connectivity index (χ1) is 7.76. The Kier molecular flexibility index (Phi) is 5.82. The van der Waals surface area contributed by atoms with Crippen LogP contribution in [0.4, 0.5) is 5.82 Å². The van der Waals surface area contributed by atoms with Crippen molar-refractivity contribution in [2.75, 3.05) is 26.2 Å². The summed E-state index contributed by atoms with van der Waals surface area (Å²) in [4.78, 5) is 6.24. The summed E-state index contributed by atoms with van der Waals surface area (Å²) < 4.78 is 0. The topological polar surface area (TPSA) is 52.0 Å². The van der Waals surface area contributed by atoms with Crippen LogP contribution in [0.3, 0.4) is 0 Å². The molecule has 0 aliphatic heterocycles. The summed E-state index contributed by atoms with van der Waals surface area (Å²) in [5.41, 5.74) is 8.52. The summed E-state index contributed by atoms with van der Waals surface area (Å²) in [6, 6.07) is 3.74. The molecule has 16 heavy (non-hydrogen) atoms. The standard InChI is InChI=1S/C12H21N4/c1-3-16(4-2)8-7-14-10-11-5-6-15-12(13)9-11/h5-6,9,13-14H,3-4,7-8,10H2,1-2H3. The summed E-state index contributed by atoms with van der Waals surface area (Å²) in [6.45, 7) is 9.44. The second-order valence-electron chi connectivity index (χ2n) is 3.75. The van der Waals surface area contributed by atoms with Crippen LogP contribution in [-0.2, 0) is 6.54 Å². The van der Waals surface area contributed by atoms with E-state index in [0.29, 0.717) is 5.82 Å². The van der Waals surface area contributed by atoms with Crippen LogP contribution in [0.25, 0.3) is 0 Å². The van der Waals surface area contributed by atoms with Crippen molar-refractivity contribution in [3.63, 3.8) is 0 Å². The van der Waals surface area contributed by atoms with E-state index in [4.69, 9.17) is 5.73 Å². The van der Waals surface area contributed by atoms with Crippen molar-refractivity contribution in [1.29, 1.82) is 0 Å². The van der Waals surface area contributed by atoms with Gasteiger partial charge in [-0.15, -0.1) is 0 Å². The van der Waals surface area contributed by atoms with Gasteiger partial charge in [-0.05, 0) is 30.8 Å². The molecule has 0 saturated carbocycles. The summed E-state index contributed by atoms with van der Waals surface area (Å²) in [5, 5.41) is 3.38. The molecule has 4 nitrogen and oxygen atoms in total. The fourth-order valence-electron chi connectivity index (χ4n) is 1.59. The van der Waals surface area contributed by atoms with Gasteiger partial charge in [0.25, 0.3) is 0 Å². The number of aromatic nitrogens is 1. The molecule has 0 unspecified atom stereocenters. The highest BCUT2D eigenvalue weighted by molar-refractivity contribution is 5.28. The van der Waals surface area contributed by atoms with Crippen LogP contribution in [0, 0.1) is 0 Å². The Balaban J connectivity index is 2.20. The van der Waals surface area contributed by atoms with E-state index in [1.54, 1.807) is 12.3 Å². The molecule has 0 saturated heterocycles. The van der Waals surface area contributed by atoms with Crippen molar-refractivity contribution in [3.05, 3.63) is 23.9 Å². The molecule has 0 aliphatic carbocycles. The third-order valence-corrected chi connectivity index (χ3v) is 2.65. The minimum absolute atomic E-state index is 0.336. The SMILES string of the molecule is CCN(CC)CCNCc1ccnc([NH])c1. The molecule has 1 heterocycles. The molecule has 0 bridgehead atoms. The maximum atomic E-state index is 7.40. The Morgan fingerprint density at radius 1 is 1.38 bits per heavy atom. The van der Waals surface area contributed by atoms with Crippen molar-refractivity contribution in [1.82, 2.24) is 20.9 Å². The van der Waals surface area contributed by atoms with Gasteiger partial charge in [0.2, 0.25) is 0 Å². The zero-order valence-electron chi connectivity index (χ0n) is 10.2. The zero-order chi connectivity index (χ0) is 11.8. The molecule has 0 atom stereocenters. The molecule has 1 radical (unpaired) electrons. The zero-order valence-corrected chi connectivity index (χ0v) is 10.2. The Morgan fingerprint density at radius 2 is 2.12 bits per heavy atom. The van der Waals surface area contributed by atoms with E-state index in [-0.39, 0.29) is 0 Å². The molecule has 0 aliphatic rings. The predicted octanol–water partition coefficient (Wildman–Crippen LogP) is 1.43. The van der Waals surface area contributed by atoms with Crippen LogP contribution in [-0.4, -0.2) is 36.1 Å². The number of pyridine rings is 1. The smallest absolute Gasteiger partial charge is 0.144 e. The summed E-state index contributed by atoms with van der Waals surface area (Å²) >= 11 is 0. The number of nitrogens with one attached hydrogen (secondary N) is 2. The van der Waals surface area contributed by atoms with Gasteiger partial charge in [-0.25, -0.2) is 4.98 Å². The average Bonchev–Trinajstić information content (AvgIpc) is 2.29. The van der Waals surface area contributed by atoms with Crippen molar-refractivity contribution < 1.29 is 0 Å². The second-order valence-corrected chi connectivity index (χ2v) is 3.75. The van der Waals surface area contributed by atoms with Gasteiger partial charge in [0.1, 0.15) is 5.82 Å². The van der Waals surface area contributed by atoms with Crippen molar-refractivity contribution in [3.8, 4) is 0 Å². The second kappa shape index (κ2) is 7.19. The van der Waals surface area contributed by atoms with Gasteiger partial charge in [-0.1, -0.05) is 13.8 Å². The third-order valence-electron chi connectivity index (χ3n) is 2.65. The lowest BCUT2D eigenvalue weighted by molar-refractivity contribution is 0.302. The average molecular weight is 221 g/mol. The van der Waals surface area contributed by atoms with Gasteiger partial charge in [0.15, 0.2) is 0 Å². The van der Waals surface area contributed by atoms with E-state index in [9.17, 15) is 0 Å². The number of rotatable bonds is 7. The lowest BCUT2D eigenvalue weighted by Gasteiger charge is -2.17. The highest BCUT2D eigenvalue weighted by atomic mass is 15.1. The molecule has 89 valence electrons. The molecule has 2 N–H and O–H groups in total. The number of likely N-dealkylation sites (N-methyl/N-ethyl adjacent to an activating group) is 1. The first-order valence-electron chi connectivity index (χ1n) is 5.85. The summed E-state index contributed by atoms with van der Waals surface area (Å²) in [5.74, 6) is 0.336. The molecule has 1 rings (SSSR count). The molecule has 1 aromatic heterocycles. The lowest BCUT2D eigenvalue weighted by atomic mass is 10.2. The molecule has 0 fully saturated rings. The Bertz CT molecular complexity index is 297. The van der Waals surface area contributed by atoms with E-state index in [0.717, 1.165) is 38.3 Å². The van der Waals surface area contributed by atoms with Crippen LogP contribution in [0.5, 0.6) is 0 Å². The Hall–Kier alpha value is -1.13. The normalized spacial score (nSPS) is 10.9. The van der Waals surface area contributed by atoms with Crippen LogP contribution >= 0.6 is 0 Å². The number of nitrogens with zero attached hydrogens (tertiary/aromatic N) is 2. The van der Waals surface area contributed by atoms with E-state index in [1.807, 2.05) is 6.07 Å². The van der Waals surface area contributed by atoms with E-state index in [1.165, 1.54) is 0 Å². The first kappa shape index (κ1) is 12.9. The molecular weight excluding hydrogens is 200 g/mol. The van der Waals surface area contributed by atoms with Crippen LogP contribution in [0.1, 0.15) is 19.4 Å². The Labute approximate surface area is 97.9 Å². The predicted molar refractivity (Wildman–Crippen MR) is 66.5 cm³/mol. The lowest BCUT2D eigenvalue weighted by Crippen LogP contribution is -2.31. The third kappa shape index (κ3) is 4.59. The molecule has 1 aromatic rings. The number of hydrogen-bond donors (Lipinski definition) is 1. The Morgan fingerprint density at radius 3 is 2.75 bits per heavy atom. The first-order valence-corrected chi connectivity index (χ1v) is 5.85. The molecule has 4 heteroatoms. The molecule has 0 spiro atoms. The van der Waals surface area contributed by atoms with E-state index >= 15 is 0 Å². The van der Waals surface area contributed by atoms with Gasteiger partial charge >= 0.3 is 0 Å². The fourth-order valence-corrected chi connectivity index (χ4v) is 1.59. The van der Waals surface area contributed by atoms with Crippen LogP contribution in [0.2, 0.25) is 0 Å². The van der Waals surface area contributed by atoms with Gasteiger partial charge in [-0.3, -0.25) is 5.73 Å². The van der Waals surface area contributed by atoms with Crippen molar-refractivity contribution in [2.24, 2.45) is 0 Å². The van der Waals surface area contributed by atoms with Gasteiger partial charge in [-0.2, -0.15) is 0 Å². The molecule has 0 amide bonds.